The summed E-state index contributed by atoms with van der Waals surface area (Å²) in [4.78, 5) is 9.42. The summed E-state index contributed by atoms with van der Waals surface area (Å²) < 4.78 is 68.8. The molecular formula is C32H25ClF3N5O4S. The van der Waals surface area contributed by atoms with Crippen molar-refractivity contribution in [2.75, 3.05) is 13.7 Å². The molecular weight excluding hydrogens is 643 g/mol. The lowest BCUT2D eigenvalue weighted by Crippen LogP contribution is -2.59. The standard InChI is InChI=1S/C32H25ClF3N5O4S/c1-42-30-28(41-15-23(39-40-41)19-11-21(34)26(36)22(35)12-19)29-24(16-43-31(45-29)18-5-3-2-4-6-18)44-32(30)46-25-13-20(33)14-38-27(25)17-7-9-37-10-8-17/h2-15,24,28-32H,16H2,1H3/t24?,28?,29-,30?,31?,32+/m0/s1. The molecule has 5 aromatic rings. The van der Waals surface area contributed by atoms with Crippen LogP contribution in [0.3, 0.4) is 0 Å². The molecule has 0 saturated carbocycles. The lowest BCUT2D eigenvalue weighted by molar-refractivity contribution is -0.308. The largest absolute Gasteiger partial charge is 0.375 e. The van der Waals surface area contributed by atoms with E-state index >= 15 is 0 Å². The fraction of sp³-hybridized carbons (Fsp3) is 0.250. The molecule has 46 heavy (non-hydrogen) atoms. The molecule has 2 aliphatic rings. The van der Waals surface area contributed by atoms with Crippen molar-refractivity contribution in [1.82, 2.24) is 25.0 Å². The van der Waals surface area contributed by atoms with Crippen molar-refractivity contribution in [3.05, 3.63) is 113 Å². The van der Waals surface area contributed by atoms with Crippen molar-refractivity contribution < 1.29 is 32.1 Å². The Bertz CT molecular complexity index is 1820. The summed E-state index contributed by atoms with van der Waals surface area (Å²) in [5.74, 6) is -4.23. The first-order valence-corrected chi connectivity index (χ1v) is 15.4. The van der Waals surface area contributed by atoms with Gasteiger partial charge in [-0.15, -0.1) is 5.10 Å². The summed E-state index contributed by atoms with van der Waals surface area (Å²) in [5.41, 5.74) is 1.83. The number of pyridine rings is 2. The van der Waals surface area contributed by atoms with Crippen LogP contribution in [-0.4, -0.2) is 62.4 Å². The first kappa shape index (κ1) is 30.8. The van der Waals surface area contributed by atoms with E-state index in [1.807, 2.05) is 42.5 Å². The number of thioether (sulfide) groups is 1. The maximum atomic E-state index is 14.1. The number of methoxy groups -OCH3 is 1. The van der Waals surface area contributed by atoms with E-state index in [4.69, 9.17) is 30.5 Å². The van der Waals surface area contributed by atoms with Crippen LogP contribution in [-0.2, 0) is 18.9 Å². The van der Waals surface area contributed by atoms with Gasteiger partial charge in [0.05, 0.1) is 23.5 Å². The van der Waals surface area contributed by atoms with Gasteiger partial charge in [0, 0.05) is 47.3 Å². The molecule has 0 spiro atoms. The zero-order chi connectivity index (χ0) is 31.8. The second-order valence-electron chi connectivity index (χ2n) is 10.6. The van der Waals surface area contributed by atoms with Gasteiger partial charge in [-0.25, -0.2) is 17.9 Å². The third-order valence-electron chi connectivity index (χ3n) is 7.76. The minimum Gasteiger partial charge on any atom is -0.375 e. The van der Waals surface area contributed by atoms with Crippen molar-refractivity contribution in [2.45, 2.75) is 41.0 Å². The average Bonchev–Trinajstić information content (AvgIpc) is 3.57. The molecule has 2 saturated heterocycles. The van der Waals surface area contributed by atoms with Crippen LogP contribution in [0.15, 0.2) is 90.3 Å². The van der Waals surface area contributed by atoms with E-state index in [0.717, 1.165) is 28.2 Å². The van der Waals surface area contributed by atoms with E-state index in [1.54, 1.807) is 31.8 Å². The lowest BCUT2D eigenvalue weighted by Gasteiger charge is -2.48. The van der Waals surface area contributed by atoms with Gasteiger partial charge in [0.1, 0.15) is 35.5 Å². The number of hydrogen-bond donors (Lipinski definition) is 0. The summed E-state index contributed by atoms with van der Waals surface area (Å²) >= 11 is 7.76. The molecule has 2 fully saturated rings. The van der Waals surface area contributed by atoms with Crippen LogP contribution in [0.25, 0.3) is 22.5 Å². The molecule has 0 N–H and O–H groups in total. The van der Waals surface area contributed by atoms with Crippen LogP contribution in [0.1, 0.15) is 17.9 Å². The summed E-state index contributed by atoms with van der Waals surface area (Å²) in [5, 5.41) is 8.93. The van der Waals surface area contributed by atoms with E-state index in [0.29, 0.717) is 10.7 Å². The van der Waals surface area contributed by atoms with Gasteiger partial charge >= 0.3 is 0 Å². The smallest absolute Gasteiger partial charge is 0.194 e. The van der Waals surface area contributed by atoms with E-state index in [2.05, 4.69) is 20.3 Å². The molecule has 4 unspecified atom stereocenters. The molecule has 0 amide bonds. The topological polar surface area (TPSA) is 93.4 Å². The predicted molar refractivity (Wildman–Crippen MR) is 162 cm³/mol. The first-order valence-electron chi connectivity index (χ1n) is 14.2. The molecule has 0 radical (unpaired) electrons. The van der Waals surface area contributed by atoms with Gasteiger partial charge in [-0.05, 0) is 30.3 Å². The quantitative estimate of drug-likeness (QED) is 0.177. The second-order valence-corrected chi connectivity index (χ2v) is 12.2. The predicted octanol–water partition coefficient (Wildman–Crippen LogP) is 6.66. The Morgan fingerprint density at radius 3 is 2.48 bits per heavy atom. The number of fused-ring (bicyclic) bond motifs is 1. The van der Waals surface area contributed by atoms with Crippen molar-refractivity contribution in [2.24, 2.45) is 0 Å². The first-order chi connectivity index (χ1) is 22.4. The molecule has 2 aliphatic heterocycles. The monoisotopic (exact) mass is 667 g/mol. The van der Waals surface area contributed by atoms with Gasteiger partial charge in [0.15, 0.2) is 23.7 Å². The molecule has 236 valence electrons. The number of hydrogen-bond acceptors (Lipinski definition) is 9. The Labute approximate surface area is 270 Å². The summed E-state index contributed by atoms with van der Waals surface area (Å²) in [6.07, 6.45) is 3.84. The molecule has 0 aliphatic carbocycles. The van der Waals surface area contributed by atoms with Crippen LogP contribution >= 0.6 is 23.4 Å². The number of aromatic nitrogens is 5. The average molecular weight is 668 g/mol. The van der Waals surface area contributed by atoms with E-state index in [-0.39, 0.29) is 17.9 Å². The van der Waals surface area contributed by atoms with Crippen molar-refractivity contribution in [3.8, 4) is 22.5 Å². The van der Waals surface area contributed by atoms with Gasteiger partial charge in [-0.1, -0.05) is 58.9 Å². The Kier molecular flexibility index (Phi) is 8.77. The Balaban J connectivity index is 1.27. The van der Waals surface area contributed by atoms with Gasteiger partial charge in [-0.2, -0.15) is 0 Å². The zero-order valence-corrected chi connectivity index (χ0v) is 25.6. The summed E-state index contributed by atoms with van der Waals surface area (Å²) in [6.45, 7) is 0.190. The highest BCUT2D eigenvalue weighted by molar-refractivity contribution is 8.00. The van der Waals surface area contributed by atoms with Gasteiger partial charge < -0.3 is 18.9 Å². The SMILES string of the molecule is COC1C(n2cc(-c3cc(F)c(F)c(F)c3)nn2)[C@H]2OC(c3ccccc3)OCC2O[C@@H]1Sc1cc(Cl)cnc1-c1ccncc1. The van der Waals surface area contributed by atoms with Crippen molar-refractivity contribution in [3.63, 3.8) is 0 Å². The normalized spacial score (nSPS) is 24.5. The highest BCUT2D eigenvalue weighted by Gasteiger charge is 2.52. The molecule has 5 heterocycles. The lowest BCUT2D eigenvalue weighted by atomic mass is 9.95. The number of halogens is 4. The van der Waals surface area contributed by atoms with Gasteiger partial charge in [-0.3, -0.25) is 9.97 Å². The van der Waals surface area contributed by atoms with E-state index in [9.17, 15) is 13.2 Å². The maximum Gasteiger partial charge on any atom is 0.194 e. The van der Waals surface area contributed by atoms with Crippen molar-refractivity contribution >= 4 is 23.4 Å². The number of ether oxygens (including phenoxy) is 4. The maximum absolute atomic E-state index is 14.1. The van der Waals surface area contributed by atoms with Gasteiger partial charge in [0.25, 0.3) is 0 Å². The minimum atomic E-state index is -1.56. The van der Waals surface area contributed by atoms with E-state index in [1.165, 1.54) is 22.6 Å². The highest BCUT2D eigenvalue weighted by atomic mass is 35.5. The molecule has 7 rings (SSSR count). The van der Waals surface area contributed by atoms with Crippen LogP contribution in [0.2, 0.25) is 5.02 Å². The Hall–Kier alpha value is -3.85. The van der Waals surface area contributed by atoms with Crippen LogP contribution in [0, 0.1) is 17.5 Å². The molecule has 3 aromatic heterocycles. The molecule has 9 nitrogen and oxygen atoms in total. The molecule has 0 bridgehead atoms. The third kappa shape index (κ3) is 6.01. The Morgan fingerprint density at radius 1 is 0.978 bits per heavy atom. The molecule has 14 heteroatoms. The number of rotatable bonds is 7. The van der Waals surface area contributed by atoms with Crippen LogP contribution in [0.4, 0.5) is 13.2 Å². The molecule has 6 atom stereocenters. The molecule has 2 aromatic carbocycles. The summed E-state index contributed by atoms with van der Waals surface area (Å²) in [6, 6.07) is 16.1. The minimum absolute atomic E-state index is 0.0215. The summed E-state index contributed by atoms with van der Waals surface area (Å²) in [7, 11) is 1.55. The Morgan fingerprint density at radius 2 is 1.74 bits per heavy atom. The fourth-order valence-corrected chi connectivity index (χ4v) is 7.17. The van der Waals surface area contributed by atoms with Crippen LogP contribution in [0.5, 0.6) is 0 Å². The van der Waals surface area contributed by atoms with Crippen LogP contribution < -0.4 is 0 Å². The zero-order valence-electron chi connectivity index (χ0n) is 24.0. The van der Waals surface area contributed by atoms with Gasteiger partial charge in [0.2, 0.25) is 0 Å². The fourth-order valence-electron chi connectivity index (χ4n) is 5.61. The number of benzene rings is 2. The number of nitrogens with zero attached hydrogens (tertiary/aromatic N) is 5. The van der Waals surface area contributed by atoms with Crippen molar-refractivity contribution in [1.29, 1.82) is 0 Å². The van der Waals surface area contributed by atoms with E-state index < -0.39 is 53.5 Å². The second kappa shape index (κ2) is 13.1. The third-order valence-corrected chi connectivity index (χ3v) is 9.15. The highest BCUT2D eigenvalue weighted by Crippen LogP contribution is 2.46.